The maximum Gasteiger partial charge on any atom is 0.339 e. The highest BCUT2D eigenvalue weighted by molar-refractivity contribution is 7.90. The Morgan fingerprint density at radius 1 is 0.917 bits per heavy atom. The molecule has 9 heteroatoms. The number of rotatable bonds is 8. The highest BCUT2D eigenvalue weighted by atomic mass is 32.2. The monoisotopic (exact) mass is 504 g/mol. The van der Waals surface area contributed by atoms with Crippen LogP contribution in [-0.4, -0.2) is 41.3 Å². The summed E-state index contributed by atoms with van der Waals surface area (Å²) in [4.78, 5) is 38.8. The summed E-state index contributed by atoms with van der Waals surface area (Å²) < 4.78 is 27.0. The molecule has 1 saturated heterocycles. The minimum absolute atomic E-state index is 0.0147. The van der Waals surface area contributed by atoms with Gasteiger partial charge in [-0.3, -0.25) is 9.59 Å². The van der Waals surface area contributed by atoms with Crippen molar-refractivity contribution in [2.75, 3.05) is 0 Å². The number of urea groups is 1. The lowest BCUT2D eigenvalue weighted by Crippen LogP contribution is -2.51. The molecule has 0 unspecified atom stereocenters. The molecular weight excluding hydrogens is 480 g/mol. The van der Waals surface area contributed by atoms with E-state index in [1.807, 2.05) is 60.7 Å². The molecule has 2 N–H and O–H groups in total. The molecule has 1 heterocycles. The van der Waals surface area contributed by atoms with Gasteiger partial charge >= 0.3 is 12.0 Å². The van der Waals surface area contributed by atoms with Crippen LogP contribution in [0.15, 0.2) is 95.9 Å². The topological polar surface area (TPSA) is 121 Å². The van der Waals surface area contributed by atoms with Gasteiger partial charge in [0, 0.05) is 11.8 Å². The van der Waals surface area contributed by atoms with E-state index >= 15 is 0 Å². The summed E-state index contributed by atoms with van der Waals surface area (Å²) in [7, 11) is -4.49. The van der Waals surface area contributed by atoms with Gasteiger partial charge in [0.2, 0.25) is 0 Å². The van der Waals surface area contributed by atoms with Gasteiger partial charge in [0.05, 0.1) is 10.8 Å². The smallest absolute Gasteiger partial charge is 0.339 e. The van der Waals surface area contributed by atoms with Gasteiger partial charge in [-0.05, 0) is 36.1 Å². The van der Waals surface area contributed by atoms with Gasteiger partial charge in [0.1, 0.15) is 5.54 Å². The predicted molar refractivity (Wildman–Crippen MR) is 130 cm³/mol. The zero-order valence-electron chi connectivity index (χ0n) is 19.2. The van der Waals surface area contributed by atoms with Crippen molar-refractivity contribution in [2.45, 2.75) is 29.2 Å². The third-order valence-electron chi connectivity index (χ3n) is 7.03. The quantitative estimate of drug-likeness (QED) is 0.452. The highest BCUT2D eigenvalue weighted by Gasteiger charge is 2.67. The SMILES string of the molecule is O=C(O)[C@@H]1C[C@H]1[C@@]1(CC(c2ccccc2)c2ccccc2)NC(=O)N(S(=O)(=O)c2ccccc2)C1=O. The lowest BCUT2D eigenvalue weighted by Gasteiger charge is -2.32. The molecule has 0 spiro atoms. The molecule has 36 heavy (non-hydrogen) atoms. The summed E-state index contributed by atoms with van der Waals surface area (Å²) in [6.45, 7) is 0. The number of nitrogens with zero attached hydrogens (tertiary/aromatic N) is 1. The fraction of sp³-hybridized carbons (Fsp3) is 0.222. The van der Waals surface area contributed by atoms with Crippen molar-refractivity contribution in [2.24, 2.45) is 11.8 Å². The first-order chi connectivity index (χ1) is 17.3. The van der Waals surface area contributed by atoms with Crippen LogP contribution in [0.4, 0.5) is 4.79 Å². The zero-order chi connectivity index (χ0) is 25.5. The minimum atomic E-state index is -4.49. The molecule has 8 nitrogen and oxygen atoms in total. The minimum Gasteiger partial charge on any atom is -0.481 e. The molecule has 2 fully saturated rings. The summed E-state index contributed by atoms with van der Waals surface area (Å²) in [5.74, 6) is -4.02. The predicted octanol–water partition coefficient (Wildman–Crippen LogP) is 3.61. The van der Waals surface area contributed by atoms with Crippen LogP contribution >= 0.6 is 0 Å². The Labute approximate surface area is 208 Å². The van der Waals surface area contributed by atoms with Crippen LogP contribution in [0.5, 0.6) is 0 Å². The van der Waals surface area contributed by atoms with Gasteiger partial charge in [-0.25, -0.2) is 13.2 Å². The first-order valence-corrected chi connectivity index (χ1v) is 13.0. The largest absolute Gasteiger partial charge is 0.481 e. The Bertz CT molecular complexity index is 1370. The molecule has 0 bridgehead atoms. The third kappa shape index (κ3) is 3.95. The Hall–Kier alpha value is -3.98. The van der Waals surface area contributed by atoms with Gasteiger partial charge in [-0.15, -0.1) is 4.31 Å². The molecule has 3 atom stereocenters. The highest BCUT2D eigenvalue weighted by Crippen LogP contribution is 2.53. The molecule has 1 aliphatic heterocycles. The standard InChI is InChI=1S/C27H24N2O6S/c30-24(31)21-16-23(21)27(17-22(18-10-4-1-5-11-18)19-12-6-2-7-13-19)25(32)29(26(33)28-27)36(34,35)20-14-8-3-9-15-20/h1-15,21-23H,16-17H2,(H,28,33)(H,30,31)/t21-,23-,27-/m1/s1. The number of sulfonamides is 1. The van der Waals surface area contributed by atoms with Gasteiger partial charge in [0.25, 0.3) is 15.9 Å². The van der Waals surface area contributed by atoms with Crippen molar-refractivity contribution in [1.82, 2.24) is 9.62 Å². The number of hydrogen-bond donors (Lipinski definition) is 2. The van der Waals surface area contributed by atoms with Gasteiger partial charge < -0.3 is 10.4 Å². The van der Waals surface area contributed by atoms with Crippen LogP contribution in [0.2, 0.25) is 0 Å². The van der Waals surface area contributed by atoms with Crippen LogP contribution < -0.4 is 5.32 Å². The third-order valence-corrected chi connectivity index (χ3v) is 8.71. The number of carbonyl (C=O) groups excluding carboxylic acids is 2. The van der Waals surface area contributed by atoms with Crippen LogP contribution in [0, 0.1) is 11.8 Å². The number of carbonyl (C=O) groups is 3. The van der Waals surface area contributed by atoms with Crippen molar-refractivity contribution in [1.29, 1.82) is 0 Å². The normalized spacial score (nSPS) is 23.5. The molecule has 0 radical (unpaired) electrons. The number of benzene rings is 3. The van der Waals surface area contributed by atoms with Crippen molar-refractivity contribution >= 4 is 27.9 Å². The number of aliphatic carboxylic acids is 1. The van der Waals surface area contributed by atoms with Crippen molar-refractivity contribution in [3.05, 3.63) is 102 Å². The molecule has 3 amide bonds. The lowest BCUT2D eigenvalue weighted by molar-refractivity contribution is -0.139. The average Bonchev–Trinajstić information content (AvgIpc) is 3.65. The van der Waals surface area contributed by atoms with E-state index in [1.165, 1.54) is 24.3 Å². The number of imide groups is 1. The molecule has 1 aliphatic carbocycles. The van der Waals surface area contributed by atoms with Gasteiger partial charge in [0.15, 0.2) is 0 Å². The molecule has 3 aromatic rings. The van der Waals surface area contributed by atoms with E-state index in [4.69, 9.17) is 0 Å². The zero-order valence-corrected chi connectivity index (χ0v) is 20.0. The fourth-order valence-corrected chi connectivity index (χ4v) is 6.52. The van der Waals surface area contributed by atoms with Crippen molar-refractivity contribution in [3.8, 4) is 0 Å². The molecule has 1 saturated carbocycles. The summed E-state index contributed by atoms with van der Waals surface area (Å²) in [5.41, 5.74) is 0.0299. The summed E-state index contributed by atoms with van der Waals surface area (Å²) in [5, 5.41) is 12.3. The fourth-order valence-electron chi connectivity index (χ4n) is 5.16. The second-order valence-corrected chi connectivity index (χ2v) is 10.9. The van der Waals surface area contributed by atoms with E-state index < -0.39 is 51.2 Å². The maximum atomic E-state index is 14.0. The Balaban J connectivity index is 1.61. The number of nitrogens with one attached hydrogen (secondary N) is 1. The lowest BCUT2D eigenvalue weighted by atomic mass is 9.76. The van der Waals surface area contributed by atoms with E-state index in [-0.39, 0.29) is 22.0 Å². The molecule has 3 aromatic carbocycles. The van der Waals surface area contributed by atoms with Crippen LogP contribution in [0.3, 0.4) is 0 Å². The first-order valence-electron chi connectivity index (χ1n) is 11.6. The van der Waals surface area contributed by atoms with Crippen LogP contribution in [0.25, 0.3) is 0 Å². The molecule has 184 valence electrons. The molecule has 5 rings (SSSR count). The second kappa shape index (κ2) is 8.91. The Morgan fingerprint density at radius 2 is 1.42 bits per heavy atom. The number of hydrogen-bond acceptors (Lipinski definition) is 5. The maximum absolute atomic E-state index is 14.0. The first kappa shape index (κ1) is 23.7. The van der Waals surface area contributed by atoms with Gasteiger partial charge in [-0.1, -0.05) is 78.9 Å². The number of carboxylic acid groups (broad SMARTS) is 1. The summed E-state index contributed by atoms with van der Waals surface area (Å²) >= 11 is 0. The van der Waals surface area contributed by atoms with E-state index in [0.717, 1.165) is 11.1 Å². The van der Waals surface area contributed by atoms with Crippen LogP contribution in [-0.2, 0) is 19.6 Å². The van der Waals surface area contributed by atoms with Crippen molar-refractivity contribution in [3.63, 3.8) is 0 Å². The van der Waals surface area contributed by atoms with E-state index in [1.54, 1.807) is 6.07 Å². The average molecular weight is 505 g/mol. The van der Waals surface area contributed by atoms with Gasteiger partial charge in [-0.2, -0.15) is 0 Å². The summed E-state index contributed by atoms with van der Waals surface area (Å²) in [6, 6.07) is 24.9. The number of amides is 3. The van der Waals surface area contributed by atoms with E-state index in [2.05, 4.69) is 5.32 Å². The van der Waals surface area contributed by atoms with E-state index in [9.17, 15) is 27.9 Å². The second-order valence-electron chi connectivity index (χ2n) is 9.15. The molecular formula is C27H24N2O6S. The Morgan fingerprint density at radius 3 is 1.89 bits per heavy atom. The van der Waals surface area contributed by atoms with E-state index in [0.29, 0.717) is 0 Å². The summed E-state index contributed by atoms with van der Waals surface area (Å²) in [6.07, 6.45) is 0.178. The van der Waals surface area contributed by atoms with Crippen molar-refractivity contribution < 1.29 is 27.9 Å². The molecule has 0 aromatic heterocycles. The molecule has 2 aliphatic rings. The number of carboxylic acids is 1. The Kier molecular flexibility index (Phi) is 5.88. The van der Waals surface area contributed by atoms with Crippen LogP contribution in [0.1, 0.15) is 29.9 Å².